The number of amides is 4. The summed E-state index contributed by atoms with van der Waals surface area (Å²) >= 11 is 6.39. The summed E-state index contributed by atoms with van der Waals surface area (Å²) in [6.45, 7) is 1.10. The third-order valence-electron chi connectivity index (χ3n) is 8.72. The Morgan fingerprint density at radius 3 is 2.47 bits per heavy atom. The number of β-amino-alcohol motifs (C(OH)–C–C–N with tert-alkyl or cyclic N) is 1. The Bertz CT molecular complexity index is 1780. The summed E-state index contributed by atoms with van der Waals surface area (Å²) in [5.41, 5.74) is -1.90. The zero-order valence-electron chi connectivity index (χ0n) is 25.9. The van der Waals surface area contributed by atoms with Crippen LogP contribution in [0.4, 0.5) is 32.4 Å². The summed E-state index contributed by atoms with van der Waals surface area (Å²) in [7, 11) is 2.74. The molecule has 0 spiro atoms. The van der Waals surface area contributed by atoms with Crippen LogP contribution < -0.4 is 21.3 Å². The van der Waals surface area contributed by atoms with E-state index in [2.05, 4.69) is 31.3 Å². The first kappa shape index (κ1) is 34.5. The first-order chi connectivity index (χ1) is 23.1. The summed E-state index contributed by atoms with van der Waals surface area (Å²) in [6, 6.07) is 1.08. The molecule has 3 aliphatic rings. The molecule has 0 radical (unpaired) electrons. The number of nitrogens with one attached hydrogen (secondary N) is 4. The third-order valence-corrected chi connectivity index (χ3v) is 9.03. The Hall–Kier alpha value is -4.33. The van der Waals surface area contributed by atoms with Gasteiger partial charge in [0.25, 0.3) is 17.7 Å². The minimum Gasteiger partial charge on any atom is -0.390 e. The Labute approximate surface area is 279 Å². The lowest BCUT2D eigenvalue weighted by Crippen LogP contribution is -2.49. The zero-order chi connectivity index (χ0) is 35.4. The molecule has 0 unspecified atom stereocenters. The molecule has 6 rings (SSSR count). The second-order valence-electron chi connectivity index (χ2n) is 12.1. The van der Waals surface area contributed by atoms with E-state index in [-0.39, 0.29) is 40.9 Å². The van der Waals surface area contributed by atoms with Crippen molar-refractivity contribution in [3.8, 4) is 11.3 Å². The van der Waals surface area contributed by atoms with Gasteiger partial charge in [-0.2, -0.15) is 18.3 Å². The lowest BCUT2D eigenvalue weighted by molar-refractivity contribution is -0.141. The van der Waals surface area contributed by atoms with Gasteiger partial charge in [-0.1, -0.05) is 11.6 Å². The molecule has 20 heteroatoms. The largest absolute Gasteiger partial charge is 0.435 e. The number of aliphatic hydroxyl groups is 1. The molecule has 0 bridgehead atoms. The van der Waals surface area contributed by atoms with E-state index in [0.29, 0.717) is 17.8 Å². The quantitative estimate of drug-likeness (QED) is 0.222. The number of alkyl halides is 5. The number of halogens is 6. The summed E-state index contributed by atoms with van der Waals surface area (Å²) < 4.78 is 75.6. The van der Waals surface area contributed by atoms with Crippen LogP contribution in [-0.4, -0.2) is 111 Å². The molecule has 1 aromatic carbocycles. The Kier molecular flexibility index (Phi) is 9.05. The highest BCUT2D eigenvalue weighted by atomic mass is 35.5. The number of carbonyl (C=O) groups is 3. The Morgan fingerprint density at radius 1 is 1.12 bits per heavy atom. The van der Waals surface area contributed by atoms with Gasteiger partial charge in [0.05, 0.1) is 58.9 Å². The van der Waals surface area contributed by atoms with Gasteiger partial charge in [-0.05, 0) is 18.2 Å². The number of aliphatic hydroxyl groups excluding tert-OH is 1. The number of rotatable bonds is 8. The minimum atomic E-state index is -4.96. The van der Waals surface area contributed by atoms with Gasteiger partial charge in [-0.15, -0.1) is 0 Å². The number of carbonyl (C=O) groups excluding carboxylic acids is 3. The second-order valence-corrected chi connectivity index (χ2v) is 12.5. The third kappa shape index (κ3) is 6.92. The van der Waals surface area contributed by atoms with Crippen LogP contribution in [-0.2, 0) is 18.0 Å². The molecular weight excluding hydrogens is 685 g/mol. The number of imidazole rings is 1. The van der Waals surface area contributed by atoms with Crippen molar-refractivity contribution in [2.75, 3.05) is 38.6 Å². The van der Waals surface area contributed by atoms with Crippen molar-refractivity contribution in [2.45, 2.75) is 48.9 Å². The van der Waals surface area contributed by atoms with Gasteiger partial charge >= 0.3 is 12.2 Å². The van der Waals surface area contributed by atoms with E-state index in [1.54, 1.807) is 0 Å². The van der Waals surface area contributed by atoms with E-state index < -0.39 is 78.0 Å². The van der Waals surface area contributed by atoms with Gasteiger partial charge in [0.15, 0.2) is 11.5 Å². The average molecular weight is 716 g/mol. The summed E-state index contributed by atoms with van der Waals surface area (Å²) in [5.74, 6) is -4.87. The second kappa shape index (κ2) is 12.8. The summed E-state index contributed by atoms with van der Waals surface area (Å²) in [5, 5.41) is 24.4. The van der Waals surface area contributed by atoms with Crippen LogP contribution in [0.15, 0.2) is 30.6 Å². The topological polar surface area (TPSA) is 168 Å². The summed E-state index contributed by atoms with van der Waals surface area (Å²) in [6.07, 6.45) is -4.97. The standard InChI is InChI=1S/C29H31ClF5N9O5/c1-42-19(15-10-44(22-6-28(22,31)32)41-23(15)29(33,34)35)8-37-24(42)26(47)38-13-3-4-14(16(30)5-13)25(46)39-18-11-43(12-21(18)49-2)27(48)40-17-7-36-9-20(17)45/h3-5,8,10,17-18,20-22,36,45H,6-7,9,11-12H2,1-2H3,(H,38,47)(H,39,46)(H,40,48)/t17-,18-,20-,21-,22-/m1/s1. The van der Waals surface area contributed by atoms with E-state index in [1.165, 1.54) is 37.3 Å². The highest BCUT2D eigenvalue weighted by Gasteiger charge is 2.59. The molecule has 4 amide bonds. The number of likely N-dealkylation sites (tertiary alicyclic amines) is 1. The summed E-state index contributed by atoms with van der Waals surface area (Å²) in [4.78, 5) is 44.4. The van der Waals surface area contributed by atoms with Crippen molar-refractivity contribution < 1.29 is 46.2 Å². The maximum absolute atomic E-state index is 13.8. The Morgan fingerprint density at radius 2 is 1.86 bits per heavy atom. The van der Waals surface area contributed by atoms with Crippen LogP contribution in [0.2, 0.25) is 5.02 Å². The predicted molar refractivity (Wildman–Crippen MR) is 162 cm³/mol. The fourth-order valence-corrected chi connectivity index (χ4v) is 6.16. The number of hydrogen-bond donors (Lipinski definition) is 5. The van der Waals surface area contributed by atoms with Crippen LogP contribution in [0.5, 0.6) is 0 Å². The maximum Gasteiger partial charge on any atom is 0.435 e. The van der Waals surface area contributed by atoms with Gasteiger partial charge in [-0.3, -0.25) is 14.3 Å². The molecule has 3 aromatic rings. The van der Waals surface area contributed by atoms with Crippen LogP contribution >= 0.6 is 11.6 Å². The minimum absolute atomic E-state index is 0.0424. The van der Waals surface area contributed by atoms with Crippen molar-refractivity contribution in [3.05, 3.63) is 52.7 Å². The van der Waals surface area contributed by atoms with Crippen LogP contribution in [0, 0.1) is 0 Å². The molecule has 1 saturated carbocycles. The van der Waals surface area contributed by atoms with Crippen molar-refractivity contribution in [1.82, 2.24) is 40.2 Å². The lowest BCUT2D eigenvalue weighted by Gasteiger charge is -2.22. The van der Waals surface area contributed by atoms with Crippen molar-refractivity contribution in [2.24, 2.45) is 7.05 Å². The predicted octanol–water partition coefficient (Wildman–Crippen LogP) is 2.26. The number of anilines is 1. The first-order valence-electron chi connectivity index (χ1n) is 15.0. The fraction of sp³-hybridized carbons (Fsp3) is 0.483. The molecule has 2 saturated heterocycles. The normalized spacial score (nSPS) is 24.6. The molecule has 264 valence electrons. The first-order valence-corrected chi connectivity index (χ1v) is 15.4. The van der Waals surface area contributed by atoms with E-state index in [9.17, 15) is 41.4 Å². The van der Waals surface area contributed by atoms with Crippen molar-refractivity contribution >= 4 is 35.1 Å². The van der Waals surface area contributed by atoms with Gasteiger partial charge in [-0.25, -0.2) is 18.6 Å². The van der Waals surface area contributed by atoms with Crippen molar-refractivity contribution in [3.63, 3.8) is 0 Å². The van der Waals surface area contributed by atoms with Gasteiger partial charge in [0.2, 0.25) is 0 Å². The van der Waals surface area contributed by atoms with E-state index in [1.807, 2.05) is 0 Å². The molecule has 4 heterocycles. The molecular formula is C29H31ClF5N9O5. The van der Waals surface area contributed by atoms with Crippen molar-refractivity contribution in [1.29, 1.82) is 0 Å². The smallest absolute Gasteiger partial charge is 0.390 e. The highest BCUT2D eigenvalue weighted by Crippen LogP contribution is 2.53. The average Bonchev–Trinajstić information content (AvgIpc) is 3.57. The molecule has 2 aliphatic heterocycles. The zero-order valence-corrected chi connectivity index (χ0v) is 26.6. The SMILES string of the molecule is CO[C@@H]1CN(C(=O)N[C@@H]2CNC[C@H]2O)C[C@H]1NC(=O)c1ccc(NC(=O)c2ncc(-c3cn([C@@H]4CC4(F)F)nc3C(F)(F)F)n2C)cc1Cl. The molecule has 5 atom stereocenters. The molecule has 1 aliphatic carbocycles. The number of nitrogens with zero attached hydrogens (tertiary/aromatic N) is 5. The van der Waals surface area contributed by atoms with Gasteiger partial charge in [0, 0.05) is 52.1 Å². The van der Waals surface area contributed by atoms with E-state index in [4.69, 9.17) is 16.3 Å². The molecule has 49 heavy (non-hydrogen) atoms. The van der Waals surface area contributed by atoms with Gasteiger partial charge in [0.1, 0.15) is 6.04 Å². The monoisotopic (exact) mass is 715 g/mol. The number of methoxy groups -OCH3 is 1. The fourth-order valence-electron chi connectivity index (χ4n) is 5.89. The lowest BCUT2D eigenvalue weighted by atomic mass is 10.1. The number of hydrogen-bond acceptors (Lipinski definition) is 8. The molecule has 14 nitrogen and oxygen atoms in total. The number of urea groups is 1. The number of aromatic nitrogens is 4. The highest BCUT2D eigenvalue weighted by molar-refractivity contribution is 6.34. The van der Waals surface area contributed by atoms with E-state index in [0.717, 1.165) is 17.0 Å². The van der Waals surface area contributed by atoms with Crippen LogP contribution in [0.25, 0.3) is 11.3 Å². The molecule has 5 N–H and O–H groups in total. The van der Waals surface area contributed by atoms with Crippen LogP contribution in [0.3, 0.4) is 0 Å². The molecule has 2 aromatic heterocycles. The number of benzene rings is 1. The maximum atomic E-state index is 13.8. The number of ether oxygens (including phenoxy) is 1. The van der Waals surface area contributed by atoms with E-state index >= 15 is 0 Å². The van der Waals surface area contributed by atoms with Crippen LogP contribution in [0.1, 0.15) is 39.1 Å². The molecule has 3 fully saturated rings. The van der Waals surface area contributed by atoms with Gasteiger partial charge < -0.3 is 40.6 Å². The Balaban J connectivity index is 1.11.